The van der Waals surface area contributed by atoms with Crippen LogP contribution in [0.3, 0.4) is 0 Å². The third kappa shape index (κ3) is 5.74. The fraction of sp³-hybridized carbons (Fsp3) is 0.609. The molecule has 3 rings (SSSR count). The second-order valence-electron chi connectivity index (χ2n) is 7.92. The largest absolute Gasteiger partial charge is 0.466 e. The normalized spacial score (nSPS) is 17.5. The summed E-state index contributed by atoms with van der Waals surface area (Å²) in [6, 6.07) is 8.37. The van der Waals surface area contributed by atoms with Gasteiger partial charge in [0, 0.05) is 46.2 Å². The summed E-state index contributed by atoms with van der Waals surface area (Å²) in [5.41, 5.74) is 2.63. The van der Waals surface area contributed by atoms with Crippen LogP contribution in [0.4, 0.5) is 0 Å². The summed E-state index contributed by atoms with van der Waals surface area (Å²) in [6.07, 6.45) is 3.82. The molecule has 7 nitrogen and oxygen atoms in total. The van der Waals surface area contributed by atoms with Crippen molar-refractivity contribution in [2.45, 2.75) is 45.6 Å². The van der Waals surface area contributed by atoms with E-state index in [-0.39, 0.29) is 17.8 Å². The second-order valence-corrected chi connectivity index (χ2v) is 7.92. The van der Waals surface area contributed by atoms with E-state index >= 15 is 0 Å². The van der Waals surface area contributed by atoms with Gasteiger partial charge < -0.3 is 19.9 Å². The fourth-order valence-electron chi connectivity index (χ4n) is 4.23. The number of guanidine groups is 1. The van der Waals surface area contributed by atoms with Crippen LogP contribution in [0.5, 0.6) is 0 Å². The number of ether oxygens (including phenoxy) is 1. The number of nitrogens with zero attached hydrogens (tertiary/aromatic N) is 3. The first-order valence-electron chi connectivity index (χ1n) is 11.1. The number of nitrogens with one attached hydrogen (secondary N) is 1. The van der Waals surface area contributed by atoms with Gasteiger partial charge in [0.05, 0.1) is 12.5 Å². The Balaban J connectivity index is 1.36. The van der Waals surface area contributed by atoms with E-state index in [1.54, 1.807) is 7.05 Å². The van der Waals surface area contributed by atoms with Crippen LogP contribution in [0.2, 0.25) is 0 Å². The molecular weight excluding hydrogens is 380 g/mol. The molecule has 7 heteroatoms. The number of piperidine rings is 1. The Morgan fingerprint density at radius 1 is 1.13 bits per heavy atom. The molecule has 0 atom stereocenters. The smallest absolute Gasteiger partial charge is 0.309 e. The molecule has 0 aliphatic carbocycles. The molecule has 164 valence electrons. The van der Waals surface area contributed by atoms with Crippen LogP contribution in [0.15, 0.2) is 29.3 Å². The van der Waals surface area contributed by atoms with E-state index in [0.717, 1.165) is 57.8 Å². The summed E-state index contributed by atoms with van der Waals surface area (Å²) >= 11 is 0. The summed E-state index contributed by atoms with van der Waals surface area (Å²) in [6.45, 7) is 6.09. The van der Waals surface area contributed by atoms with Crippen LogP contribution >= 0.6 is 0 Å². The van der Waals surface area contributed by atoms with E-state index in [9.17, 15) is 9.59 Å². The molecule has 1 N–H and O–H groups in total. The predicted octanol–water partition coefficient (Wildman–Crippen LogP) is 2.20. The van der Waals surface area contributed by atoms with Crippen molar-refractivity contribution in [1.82, 2.24) is 15.1 Å². The van der Waals surface area contributed by atoms with Gasteiger partial charge in [0.1, 0.15) is 0 Å². The lowest BCUT2D eigenvalue weighted by Crippen LogP contribution is -2.47. The SMILES string of the molecule is CCOC(=O)C1CCN(C(=NC)NCCCC(=O)N2CCc3ccccc3C2)CC1. The molecular formula is C23H34N4O3. The Bertz CT molecular complexity index is 757. The summed E-state index contributed by atoms with van der Waals surface area (Å²) in [4.78, 5) is 33.0. The van der Waals surface area contributed by atoms with Crippen molar-refractivity contribution in [2.24, 2.45) is 10.9 Å². The van der Waals surface area contributed by atoms with Gasteiger partial charge >= 0.3 is 5.97 Å². The maximum Gasteiger partial charge on any atom is 0.309 e. The number of aliphatic imine (C=N–C) groups is 1. The number of carbonyl (C=O) groups is 2. The van der Waals surface area contributed by atoms with Gasteiger partial charge in [-0.2, -0.15) is 0 Å². The number of fused-ring (bicyclic) bond motifs is 1. The van der Waals surface area contributed by atoms with Crippen LogP contribution in [0, 0.1) is 5.92 Å². The van der Waals surface area contributed by atoms with Crippen LogP contribution in [-0.4, -0.2) is 67.5 Å². The number of rotatable bonds is 6. The fourth-order valence-corrected chi connectivity index (χ4v) is 4.23. The number of carbonyl (C=O) groups excluding carboxylic acids is 2. The maximum absolute atomic E-state index is 12.6. The lowest BCUT2D eigenvalue weighted by atomic mass is 9.97. The molecule has 2 aliphatic heterocycles. The van der Waals surface area contributed by atoms with Crippen LogP contribution in [0.25, 0.3) is 0 Å². The highest BCUT2D eigenvalue weighted by molar-refractivity contribution is 5.81. The Morgan fingerprint density at radius 2 is 1.87 bits per heavy atom. The molecule has 0 radical (unpaired) electrons. The summed E-state index contributed by atoms with van der Waals surface area (Å²) in [5, 5.41) is 3.37. The van der Waals surface area contributed by atoms with Gasteiger partial charge in [-0.05, 0) is 43.7 Å². The van der Waals surface area contributed by atoms with Gasteiger partial charge in [-0.15, -0.1) is 0 Å². The van der Waals surface area contributed by atoms with Gasteiger partial charge in [-0.1, -0.05) is 24.3 Å². The van der Waals surface area contributed by atoms with Crippen molar-refractivity contribution in [3.05, 3.63) is 35.4 Å². The molecule has 2 aliphatic rings. The standard InChI is InChI=1S/C23H34N4O3/c1-3-30-22(29)19-11-14-26(15-12-19)23(24-2)25-13-6-9-21(28)27-16-10-18-7-4-5-8-20(18)17-27/h4-5,7-8,19H,3,6,9-17H2,1-2H3,(H,24,25). The second kappa shape index (κ2) is 11.0. The minimum absolute atomic E-state index is 0.00778. The zero-order valence-corrected chi connectivity index (χ0v) is 18.2. The van der Waals surface area contributed by atoms with Crippen molar-refractivity contribution < 1.29 is 14.3 Å². The van der Waals surface area contributed by atoms with E-state index in [2.05, 4.69) is 33.4 Å². The number of hydrogen-bond donors (Lipinski definition) is 1. The van der Waals surface area contributed by atoms with Gasteiger partial charge in [-0.25, -0.2) is 0 Å². The monoisotopic (exact) mass is 414 g/mol. The molecule has 1 amide bonds. The highest BCUT2D eigenvalue weighted by Crippen LogP contribution is 2.20. The molecule has 1 saturated heterocycles. The maximum atomic E-state index is 12.6. The number of likely N-dealkylation sites (tertiary alicyclic amines) is 1. The molecule has 0 spiro atoms. The van der Waals surface area contributed by atoms with E-state index in [4.69, 9.17) is 4.74 Å². The summed E-state index contributed by atoms with van der Waals surface area (Å²) < 4.78 is 5.14. The molecule has 30 heavy (non-hydrogen) atoms. The molecule has 0 unspecified atom stereocenters. The zero-order valence-electron chi connectivity index (χ0n) is 18.2. The Hall–Kier alpha value is -2.57. The van der Waals surface area contributed by atoms with Crippen LogP contribution in [-0.2, 0) is 27.3 Å². The average Bonchev–Trinajstić information content (AvgIpc) is 2.79. The minimum Gasteiger partial charge on any atom is -0.466 e. The van der Waals surface area contributed by atoms with Crippen molar-refractivity contribution >= 4 is 17.8 Å². The first-order valence-corrected chi connectivity index (χ1v) is 11.1. The highest BCUT2D eigenvalue weighted by atomic mass is 16.5. The number of hydrogen-bond acceptors (Lipinski definition) is 4. The Labute approximate surface area is 179 Å². The number of amides is 1. The molecule has 0 saturated carbocycles. The van der Waals surface area contributed by atoms with Crippen LogP contribution in [0.1, 0.15) is 43.7 Å². The molecule has 0 bridgehead atoms. The van der Waals surface area contributed by atoms with Crippen molar-refractivity contribution in [2.75, 3.05) is 39.8 Å². The van der Waals surface area contributed by atoms with Crippen LogP contribution < -0.4 is 5.32 Å². The third-order valence-electron chi connectivity index (χ3n) is 5.96. The Morgan fingerprint density at radius 3 is 2.57 bits per heavy atom. The molecule has 1 aromatic rings. The Kier molecular flexibility index (Phi) is 8.11. The highest BCUT2D eigenvalue weighted by Gasteiger charge is 2.27. The van der Waals surface area contributed by atoms with E-state index in [1.807, 2.05) is 17.9 Å². The van der Waals surface area contributed by atoms with E-state index < -0.39 is 0 Å². The third-order valence-corrected chi connectivity index (χ3v) is 5.96. The van der Waals surface area contributed by atoms with Crippen molar-refractivity contribution in [1.29, 1.82) is 0 Å². The summed E-state index contributed by atoms with van der Waals surface area (Å²) in [5.74, 6) is 0.971. The van der Waals surface area contributed by atoms with Crippen molar-refractivity contribution in [3.63, 3.8) is 0 Å². The molecule has 0 aromatic heterocycles. The number of esters is 1. The summed E-state index contributed by atoms with van der Waals surface area (Å²) in [7, 11) is 1.77. The zero-order chi connectivity index (χ0) is 21.3. The number of benzene rings is 1. The lowest BCUT2D eigenvalue weighted by molar-refractivity contribution is -0.149. The van der Waals surface area contributed by atoms with Crippen molar-refractivity contribution in [3.8, 4) is 0 Å². The quantitative estimate of drug-likeness (QED) is 0.334. The van der Waals surface area contributed by atoms with Gasteiger partial charge in [0.25, 0.3) is 0 Å². The average molecular weight is 415 g/mol. The molecule has 1 aromatic carbocycles. The lowest BCUT2D eigenvalue weighted by Gasteiger charge is -2.33. The van der Waals surface area contributed by atoms with Gasteiger partial charge in [-0.3, -0.25) is 14.6 Å². The first-order chi connectivity index (χ1) is 14.6. The van der Waals surface area contributed by atoms with E-state index in [1.165, 1.54) is 11.1 Å². The van der Waals surface area contributed by atoms with E-state index in [0.29, 0.717) is 19.6 Å². The predicted molar refractivity (Wildman–Crippen MR) is 117 cm³/mol. The van der Waals surface area contributed by atoms with Gasteiger partial charge in [0.2, 0.25) is 5.91 Å². The topological polar surface area (TPSA) is 74.2 Å². The first kappa shape index (κ1) is 22.1. The molecule has 2 heterocycles. The van der Waals surface area contributed by atoms with Gasteiger partial charge in [0.15, 0.2) is 5.96 Å². The molecule has 1 fully saturated rings. The minimum atomic E-state index is -0.0843.